The summed E-state index contributed by atoms with van der Waals surface area (Å²) in [5.41, 5.74) is 1.54. The first-order valence-corrected chi connectivity index (χ1v) is 6.31. The normalized spacial score (nSPS) is 10.5. The molecule has 0 bridgehead atoms. The van der Waals surface area contributed by atoms with Gasteiger partial charge >= 0.3 is 5.97 Å². The Hall–Kier alpha value is -2.82. The summed E-state index contributed by atoms with van der Waals surface area (Å²) in [5, 5.41) is 8.62. The molecule has 1 aromatic heterocycles. The van der Waals surface area contributed by atoms with Crippen LogP contribution in [-0.4, -0.2) is 23.2 Å². The largest absolute Gasteiger partial charge is 0.493 e. The molecule has 0 saturated heterocycles. The average molecular weight is 285 g/mol. The molecule has 0 aliphatic carbocycles. The smallest absolute Gasteiger partial charge is 0.328 e. The summed E-state index contributed by atoms with van der Waals surface area (Å²) in [7, 11) is 1.54. The van der Waals surface area contributed by atoms with Gasteiger partial charge in [0.25, 0.3) is 0 Å². The van der Waals surface area contributed by atoms with Crippen LogP contribution in [0, 0.1) is 0 Å². The van der Waals surface area contributed by atoms with E-state index in [2.05, 4.69) is 4.98 Å². The molecule has 0 amide bonds. The number of hydrogen-bond acceptors (Lipinski definition) is 4. The van der Waals surface area contributed by atoms with E-state index in [9.17, 15) is 4.79 Å². The highest BCUT2D eigenvalue weighted by molar-refractivity contribution is 5.85. The van der Waals surface area contributed by atoms with Crippen LogP contribution in [0.3, 0.4) is 0 Å². The van der Waals surface area contributed by atoms with Gasteiger partial charge in [0.05, 0.1) is 12.8 Å². The Labute approximate surface area is 122 Å². The Kier molecular flexibility index (Phi) is 4.93. The Morgan fingerprint density at radius 3 is 2.81 bits per heavy atom. The van der Waals surface area contributed by atoms with Gasteiger partial charge in [-0.1, -0.05) is 12.1 Å². The van der Waals surface area contributed by atoms with Crippen LogP contribution in [0.2, 0.25) is 0 Å². The van der Waals surface area contributed by atoms with Crippen LogP contribution in [0.4, 0.5) is 0 Å². The molecule has 1 heterocycles. The lowest BCUT2D eigenvalue weighted by Crippen LogP contribution is -1.99. The number of ether oxygens (including phenoxy) is 2. The van der Waals surface area contributed by atoms with Crippen LogP contribution in [0.25, 0.3) is 6.08 Å². The van der Waals surface area contributed by atoms with Gasteiger partial charge in [-0.15, -0.1) is 0 Å². The van der Waals surface area contributed by atoms with Crippen LogP contribution in [0.5, 0.6) is 11.5 Å². The number of carbonyl (C=O) groups is 1. The van der Waals surface area contributed by atoms with Crippen LogP contribution in [0.1, 0.15) is 11.3 Å². The van der Waals surface area contributed by atoms with Gasteiger partial charge in [0.1, 0.15) is 6.61 Å². The number of hydrogen-bond donors (Lipinski definition) is 1. The van der Waals surface area contributed by atoms with Crippen LogP contribution in [-0.2, 0) is 11.4 Å². The van der Waals surface area contributed by atoms with E-state index in [4.69, 9.17) is 14.6 Å². The van der Waals surface area contributed by atoms with E-state index in [-0.39, 0.29) is 0 Å². The lowest BCUT2D eigenvalue weighted by Gasteiger charge is -2.11. The number of benzene rings is 1. The number of aromatic nitrogens is 1. The van der Waals surface area contributed by atoms with Crippen molar-refractivity contribution in [2.45, 2.75) is 6.61 Å². The maximum Gasteiger partial charge on any atom is 0.328 e. The molecule has 2 rings (SSSR count). The summed E-state index contributed by atoms with van der Waals surface area (Å²) in [5.74, 6) is 0.124. The fourth-order valence-corrected chi connectivity index (χ4v) is 1.71. The third-order valence-corrected chi connectivity index (χ3v) is 2.71. The van der Waals surface area contributed by atoms with Crippen molar-refractivity contribution < 1.29 is 19.4 Å². The SMILES string of the molecule is COc1cc(C=CC(=O)O)ccc1OCc1ccccn1. The molecule has 0 fully saturated rings. The molecule has 0 atom stereocenters. The van der Waals surface area contributed by atoms with Crippen molar-refractivity contribution in [2.24, 2.45) is 0 Å². The van der Waals surface area contributed by atoms with Crippen molar-refractivity contribution >= 4 is 12.0 Å². The summed E-state index contributed by atoms with van der Waals surface area (Å²) in [6.45, 7) is 0.335. The molecule has 0 saturated carbocycles. The number of carboxylic acids is 1. The van der Waals surface area contributed by atoms with Gasteiger partial charge in [0.15, 0.2) is 11.5 Å². The van der Waals surface area contributed by atoms with E-state index in [0.29, 0.717) is 18.1 Å². The first kappa shape index (κ1) is 14.6. The number of nitrogens with zero attached hydrogens (tertiary/aromatic N) is 1. The Balaban J connectivity index is 2.11. The topological polar surface area (TPSA) is 68.7 Å². The summed E-state index contributed by atoms with van der Waals surface area (Å²) < 4.78 is 10.9. The van der Waals surface area contributed by atoms with E-state index in [1.807, 2.05) is 18.2 Å². The second-order valence-corrected chi connectivity index (χ2v) is 4.19. The highest BCUT2D eigenvalue weighted by Gasteiger charge is 2.05. The molecule has 0 aliphatic heterocycles. The maximum absolute atomic E-state index is 10.5. The van der Waals surface area contributed by atoms with Crippen molar-refractivity contribution in [1.82, 2.24) is 4.98 Å². The zero-order chi connectivity index (χ0) is 15.1. The first-order chi connectivity index (χ1) is 10.2. The molecule has 5 heteroatoms. The van der Waals surface area contributed by atoms with E-state index in [0.717, 1.165) is 17.3 Å². The standard InChI is InChI=1S/C16H15NO4/c1-20-15-10-12(6-8-16(18)19)5-7-14(15)21-11-13-4-2-3-9-17-13/h2-10H,11H2,1H3,(H,18,19). The average Bonchev–Trinajstić information content (AvgIpc) is 2.52. The van der Waals surface area contributed by atoms with E-state index >= 15 is 0 Å². The lowest BCUT2D eigenvalue weighted by atomic mass is 10.2. The molecule has 5 nitrogen and oxygen atoms in total. The number of aliphatic carboxylic acids is 1. The Bertz CT molecular complexity index is 638. The van der Waals surface area contributed by atoms with E-state index in [1.165, 1.54) is 13.2 Å². The van der Waals surface area contributed by atoms with Gasteiger partial charge in [-0.25, -0.2) is 4.79 Å². The summed E-state index contributed by atoms with van der Waals surface area (Å²) >= 11 is 0. The van der Waals surface area contributed by atoms with E-state index in [1.54, 1.807) is 24.4 Å². The van der Waals surface area contributed by atoms with Crippen LogP contribution < -0.4 is 9.47 Å². The molecule has 21 heavy (non-hydrogen) atoms. The van der Waals surface area contributed by atoms with Crippen LogP contribution in [0.15, 0.2) is 48.7 Å². The number of pyridine rings is 1. The molecular formula is C16H15NO4. The zero-order valence-corrected chi connectivity index (χ0v) is 11.5. The molecule has 1 aromatic carbocycles. The molecule has 0 spiro atoms. The highest BCUT2D eigenvalue weighted by Crippen LogP contribution is 2.29. The monoisotopic (exact) mass is 285 g/mol. The fraction of sp³-hybridized carbons (Fsp3) is 0.125. The number of methoxy groups -OCH3 is 1. The molecule has 0 radical (unpaired) electrons. The van der Waals surface area contributed by atoms with Gasteiger partial charge < -0.3 is 14.6 Å². The van der Waals surface area contributed by atoms with Crippen molar-refractivity contribution in [3.05, 3.63) is 59.9 Å². The molecular weight excluding hydrogens is 270 g/mol. The maximum atomic E-state index is 10.5. The quantitative estimate of drug-likeness (QED) is 0.826. The Morgan fingerprint density at radius 1 is 1.29 bits per heavy atom. The highest BCUT2D eigenvalue weighted by atomic mass is 16.5. The lowest BCUT2D eigenvalue weighted by molar-refractivity contribution is -0.131. The molecule has 0 unspecified atom stereocenters. The molecule has 1 N–H and O–H groups in total. The second-order valence-electron chi connectivity index (χ2n) is 4.19. The summed E-state index contributed by atoms with van der Waals surface area (Å²) in [4.78, 5) is 14.7. The van der Waals surface area contributed by atoms with Crippen molar-refractivity contribution in [3.63, 3.8) is 0 Å². The molecule has 0 aliphatic rings. The summed E-state index contributed by atoms with van der Waals surface area (Å²) in [6.07, 6.45) is 4.27. The van der Waals surface area contributed by atoms with Crippen molar-refractivity contribution in [2.75, 3.05) is 7.11 Å². The van der Waals surface area contributed by atoms with Crippen molar-refractivity contribution in [1.29, 1.82) is 0 Å². The third-order valence-electron chi connectivity index (χ3n) is 2.71. The minimum absolute atomic E-state index is 0.335. The molecule has 108 valence electrons. The Morgan fingerprint density at radius 2 is 2.14 bits per heavy atom. The van der Waals surface area contributed by atoms with Crippen molar-refractivity contribution in [3.8, 4) is 11.5 Å². The number of rotatable bonds is 6. The molecule has 2 aromatic rings. The number of carboxylic acid groups (broad SMARTS) is 1. The first-order valence-electron chi connectivity index (χ1n) is 6.31. The zero-order valence-electron chi connectivity index (χ0n) is 11.5. The minimum atomic E-state index is -0.996. The summed E-state index contributed by atoms with van der Waals surface area (Å²) in [6, 6.07) is 10.8. The fourth-order valence-electron chi connectivity index (χ4n) is 1.71. The van der Waals surface area contributed by atoms with Gasteiger partial charge in [-0.05, 0) is 35.9 Å². The van der Waals surface area contributed by atoms with Gasteiger partial charge in [-0.3, -0.25) is 4.98 Å². The predicted octanol–water partition coefficient (Wildman–Crippen LogP) is 2.77. The van der Waals surface area contributed by atoms with E-state index < -0.39 is 5.97 Å². The third kappa shape index (κ3) is 4.35. The second kappa shape index (κ2) is 7.09. The predicted molar refractivity (Wildman–Crippen MR) is 78.2 cm³/mol. The van der Waals surface area contributed by atoms with Gasteiger partial charge in [0, 0.05) is 12.3 Å². The van der Waals surface area contributed by atoms with Gasteiger partial charge in [0.2, 0.25) is 0 Å². The minimum Gasteiger partial charge on any atom is -0.493 e. The van der Waals surface area contributed by atoms with Gasteiger partial charge in [-0.2, -0.15) is 0 Å². The van der Waals surface area contributed by atoms with Crippen LogP contribution >= 0.6 is 0 Å².